The molecule has 0 radical (unpaired) electrons. The SMILES string of the molecule is CCCCc1ccc(-n2c3ccccc3c3cc(-n4c5ccccc5c5cc(-c6ccc7c(c6)c6ccccc6n7-c6ccc(-c7ccc(-c8ccccc8)cc7)cc6)ccc54)ccc32)cc1. The third-order valence-electron chi connectivity index (χ3n) is 14.1. The molecule has 0 aliphatic carbocycles. The second-order valence-corrected chi connectivity index (χ2v) is 18.0. The third-order valence-corrected chi connectivity index (χ3v) is 14.1. The van der Waals surface area contributed by atoms with E-state index >= 15 is 0 Å². The fourth-order valence-corrected chi connectivity index (χ4v) is 10.7. The molecule has 0 aliphatic rings. The molecule has 0 amide bonds. The van der Waals surface area contributed by atoms with E-state index in [1.807, 2.05) is 0 Å². The predicted molar refractivity (Wildman–Crippen MR) is 284 cm³/mol. The Balaban J connectivity index is 0.876. The normalized spacial score (nSPS) is 11.8. The average Bonchev–Trinajstić information content (AvgIpc) is 4.03. The maximum Gasteiger partial charge on any atom is 0.0542 e. The Morgan fingerprint density at radius 2 is 0.612 bits per heavy atom. The summed E-state index contributed by atoms with van der Waals surface area (Å²) in [5.74, 6) is 0. The van der Waals surface area contributed by atoms with Gasteiger partial charge < -0.3 is 13.7 Å². The van der Waals surface area contributed by atoms with Crippen molar-refractivity contribution < 1.29 is 0 Å². The smallest absolute Gasteiger partial charge is 0.0542 e. The van der Waals surface area contributed by atoms with Crippen molar-refractivity contribution in [2.45, 2.75) is 26.2 Å². The van der Waals surface area contributed by atoms with Crippen molar-refractivity contribution in [1.29, 1.82) is 0 Å². The fraction of sp³-hybridized carbons (Fsp3) is 0.0625. The highest BCUT2D eigenvalue weighted by molar-refractivity contribution is 6.14. The number of benzene rings is 10. The van der Waals surface area contributed by atoms with Gasteiger partial charge in [0.25, 0.3) is 0 Å². The van der Waals surface area contributed by atoms with Gasteiger partial charge in [-0.05, 0) is 137 Å². The molecule has 0 fully saturated rings. The molecule has 3 heterocycles. The molecule has 3 aromatic heterocycles. The van der Waals surface area contributed by atoms with E-state index in [2.05, 4.69) is 251 Å². The highest BCUT2D eigenvalue weighted by Gasteiger charge is 2.19. The highest BCUT2D eigenvalue weighted by Crippen LogP contribution is 2.40. The molecular formula is C64H47N3. The topological polar surface area (TPSA) is 14.8 Å². The van der Waals surface area contributed by atoms with Gasteiger partial charge in [0.1, 0.15) is 0 Å². The van der Waals surface area contributed by atoms with Gasteiger partial charge in [-0.1, -0.05) is 159 Å². The summed E-state index contributed by atoms with van der Waals surface area (Å²) in [6.07, 6.45) is 3.54. The van der Waals surface area contributed by atoms with Crippen molar-refractivity contribution in [3.05, 3.63) is 236 Å². The summed E-state index contributed by atoms with van der Waals surface area (Å²) in [5, 5.41) is 7.50. The summed E-state index contributed by atoms with van der Waals surface area (Å²) < 4.78 is 7.28. The summed E-state index contributed by atoms with van der Waals surface area (Å²) in [7, 11) is 0. The van der Waals surface area contributed by atoms with Crippen LogP contribution in [0.25, 0.3) is 116 Å². The van der Waals surface area contributed by atoms with Gasteiger partial charge in [-0.15, -0.1) is 0 Å². The standard InChI is InChI=1S/C64H47N3/c1-2-3-13-43-22-32-50(33-23-43)65-60-20-11-9-18-55(60)58-42-52(36-39-64(58)65)67-61-21-12-8-17-54(61)57-41-49(31-38-63(57)67)48-30-37-62-56(40-48)53-16-7-10-19-59(53)66(62)51-34-28-47(29-35-51)46-26-24-45(25-27-46)44-14-5-4-6-15-44/h4-12,14-42H,2-3,13H2,1H3. The van der Waals surface area contributed by atoms with Crippen LogP contribution in [0.15, 0.2) is 231 Å². The maximum absolute atomic E-state index is 2.45. The van der Waals surface area contributed by atoms with E-state index in [0.29, 0.717) is 0 Å². The van der Waals surface area contributed by atoms with Crippen LogP contribution in [0.1, 0.15) is 25.3 Å². The molecule has 13 aromatic rings. The molecule has 0 atom stereocenters. The molecule has 318 valence electrons. The minimum absolute atomic E-state index is 1.12. The first-order valence-electron chi connectivity index (χ1n) is 23.6. The van der Waals surface area contributed by atoms with Crippen molar-refractivity contribution in [3.63, 3.8) is 0 Å². The Hall–Kier alpha value is -8.40. The average molecular weight is 858 g/mol. The van der Waals surface area contributed by atoms with Gasteiger partial charge in [-0.3, -0.25) is 0 Å². The van der Waals surface area contributed by atoms with E-state index in [-0.39, 0.29) is 0 Å². The van der Waals surface area contributed by atoms with Crippen molar-refractivity contribution in [1.82, 2.24) is 13.7 Å². The molecule has 3 nitrogen and oxygen atoms in total. The molecule has 0 bridgehead atoms. The Kier molecular flexibility index (Phi) is 9.28. The van der Waals surface area contributed by atoms with Gasteiger partial charge in [0.15, 0.2) is 0 Å². The van der Waals surface area contributed by atoms with E-state index in [1.54, 1.807) is 0 Å². The van der Waals surface area contributed by atoms with Crippen LogP contribution in [-0.4, -0.2) is 13.7 Å². The first-order valence-corrected chi connectivity index (χ1v) is 23.6. The Morgan fingerprint density at radius 1 is 0.269 bits per heavy atom. The number of fused-ring (bicyclic) bond motifs is 9. The summed E-state index contributed by atoms with van der Waals surface area (Å²) >= 11 is 0. The number of aromatic nitrogens is 3. The van der Waals surface area contributed by atoms with Crippen molar-refractivity contribution in [2.75, 3.05) is 0 Å². The lowest BCUT2D eigenvalue weighted by Crippen LogP contribution is -1.96. The zero-order valence-electron chi connectivity index (χ0n) is 37.4. The molecule has 3 heteroatoms. The van der Waals surface area contributed by atoms with Gasteiger partial charge in [0, 0.05) is 49.4 Å². The predicted octanol–water partition coefficient (Wildman–Crippen LogP) is 17.3. The number of para-hydroxylation sites is 3. The number of aryl methyl sites for hydroxylation is 1. The summed E-state index contributed by atoms with van der Waals surface area (Å²) in [4.78, 5) is 0. The van der Waals surface area contributed by atoms with Gasteiger partial charge >= 0.3 is 0 Å². The summed E-state index contributed by atoms with van der Waals surface area (Å²) in [6.45, 7) is 2.26. The van der Waals surface area contributed by atoms with Crippen molar-refractivity contribution in [2.24, 2.45) is 0 Å². The van der Waals surface area contributed by atoms with E-state index in [0.717, 1.165) is 17.8 Å². The maximum atomic E-state index is 2.45. The first-order chi connectivity index (χ1) is 33.2. The van der Waals surface area contributed by atoms with E-state index < -0.39 is 0 Å². The third kappa shape index (κ3) is 6.49. The number of rotatable bonds is 9. The molecule has 10 aromatic carbocycles. The van der Waals surface area contributed by atoms with E-state index in [1.165, 1.54) is 123 Å². The van der Waals surface area contributed by atoms with Crippen LogP contribution in [0, 0.1) is 0 Å². The van der Waals surface area contributed by atoms with Gasteiger partial charge in [0.2, 0.25) is 0 Å². The molecule has 67 heavy (non-hydrogen) atoms. The molecular weight excluding hydrogens is 811 g/mol. The number of unbranched alkanes of at least 4 members (excludes halogenated alkanes) is 1. The van der Waals surface area contributed by atoms with Crippen LogP contribution < -0.4 is 0 Å². The molecule has 0 aliphatic heterocycles. The zero-order chi connectivity index (χ0) is 44.4. The second-order valence-electron chi connectivity index (χ2n) is 18.0. The first kappa shape index (κ1) is 39.0. The van der Waals surface area contributed by atoms with Crippen LogP contribution in [0.4, 0.5) is 0 Å². The lowest BCUT2D eigenvalue weighted by Gasteiger charge is -2.11. The Bertz CT molecular complexity index is 3980. The fourth-order valence-electron chi connectivity index (χ4n) is 10.7. The summed E-state index contributed by atoms with van der Waals surface area (Å²) in [5.41, 5.74) is 19.4. The van der Waals surface area contributed by atoms with Gasteiger partial charge in [0.05, 0.1) is 33.1 Å². The second kappa shape index (κ2) is 15.9. The van der Waals surface area contributed by atoms with Crippen LogP contribution in [0.5, 0.6) is 0 Å². The van der Waals surface area contributed by atoms with Gasteiger partial charge in [-0.25, -0.2) is 0 Å². The van der Waals surface area contributed by atoms with Crippen LogP contribution >= 0.6 is 0 Å². The van der Waals surface area contributed by atoms with E-state index in [4.69, 9.17) is 0 Å². The quantitative estimate of drug-likeness (QED) is 0.137. The zero-order valence-corrected chi connectivity index (χ0v) is 37.4. The number of nitrogens with zero attached hydrogens (tertiary/aromatic N) is 3. The Labute approximate surface area is 390 Å². The molecule has 0 saturated heterocycles. The molecule has 0 unspecified atom stereocenters. The van der Waals surface area contributed by atoms with E-state index in [9.17, 15) is 0 Å². The molecule has 0 spiro atoms. The monoisotopic (exact) mass is 857 g/mol. The lowest BCUT2D eigenvalue weighted by atomic mass is 10.00. The van der Waals surface area contributed by atoms with Crippen LogP contribution in [0.2, 0.25) is 0 Å². The molecule has 0 saturated carbocycles. The van der Waals surface area contributed by atoms with Crippen LogP contribution in [0.3, 0.4) is 0 Å². The van der Waals surface area contributed by atoms with Crippen molar-refractivity contribution >= 4 is 65.4 Å². The number of hydrogen-bond acceptors (Lipinski definition) is 0. The van der Waals surface area contributed by atoms with Crippen LogP contribution in [-0.2, 0) is 6.42 Å². The minimum Gasteiger partial charge on any atom is -0.309 e. The minimum atomic E-state index is 1.12. The Morgan fingerprint density at radius 3 is 1.10 bits per heavy atom. The summed E-state index contributed by atoms with van der Waals surface area (Å²) in [6, 6.07) is 85.2. The molecule has 0 N–H and O–H groups in total. The lowest BCUT2D eigenvalue weighted by molar-refractivity contribution is 0.795. The largest absolute Gasteiger partial charge is 0.309 e. The number of hydrogen-bond donors (Lipinski definition) is 0. The molecule has 13 rings (SSSR count). The van der Waals surface area contributed by atoms with Crippen molar-refractivity contribution in [3.8, 4) is 50.4 Å². The highest BCUT2D eigenvalue weighted by atomic mass is 15.0. The van der Waals surface area contributed by atoms with Gasteiger partial charge in [-0.2, -0.15) is 0 Å².